The van der Waals surface area contributed by atoms with E-state index in [-0.39, 0.29) is 18.4 Å². The number of hydrogen-bond acceptors (Lipinski definition) is 1. The van der Waals surface area contributed by atoms with Gasteiger partial charge in [-0.25, -0.2) is 0 Å². The third-order valence-electron chi connectivity index (χ3n) is 4.75. The number of carbonyl (C=O) groups excluding carboxylic acids is 1. The first-order valence-corrected chi connectivity index (χ1v) is 7.71. The van der Waals surface area contributed by atoms with Gasteiger partial charge in [-0.15, -0.1) is 0 Å². The zero-order chi connectivity index (χ0) is 15.7. The highest BCUT2D eigenvalue weighted by Crippen LogP contribution is 2.46. The summed E-state index contributed by atoms with van der Waals surface area (Å²) in [5.41, 5.74) is 2.35. The highest BCUT2D eigenvalue weighted by molar-refractivity contribution is 6.08. The SMILES string of the molecule is CC(C)[C@@]1(C[OH2+])C(=O)N(Cc2ccccc2)c2ccccc21. The van der Waals surface area contributed by atoms with Gasteiger partial charge in [0.2, 0.25) is 5.91 Å². The minimum atomic E-state index is -0.717. The largest absolute Gasteiger partial charge is 0.444 e. The second kappa shape index (κ2) is 5.58. The van der Waals surface area contributed by atoms with Gasteiger partial charge in [0.15, 0.2) is 6.61 Å². The van der Waals surface area contributed by atoms with E-state index in [1.165, 1.54) is 0 Å². The van der Waals surface area contributed by atoms with Gasteiger partial charge in [-0.3, -0.25) is 4.79 Å². The summed E-state index contributed by atoms with van der Waals surface area (Å²) < 4.78 is 0. The molecule has 3 rings (SSSR count). The Kier molecular flexibility index (Phi) is 3.75. The molecule has 0 unspecified atom stereocenters. The first kappa shape index (κ1) is 14.8. The first-order valence-electron chi connectivity index (χ1n) is 7.71. The molecule has 1 heterocycles. The lowest BCUT2D eigenvalue weighted by atomic mass is 9.73. The van der Waals surface area contributed by atoms with Crippen molar-refractivity contribution in [3.8, 4) is 0 Å². The molecular formula is C19H22NO2+. The van der Waals surface area contributed by atoms with Gasteiger partial charge in [0, 0.05) is 5.69 Å². The van der Waals surface area contributed by atoms with Crippen LogP contribution in [0.25, 0.3) is 0 Å². The molecule has 0 bridgehead atoms. The predicted octanol–water partition coefficient (Wildman–Crippen LogP) is 2.85. The number of carbonyl (C=O) groups is 1. The summed E-state index contributed by atoms with van der Waals surface area (Å²) in [6.07, 6.45) is 0. The van der Waals surface area contributed by atoms with E-state index in [1.807, 2.05) is 73.3 Å². The first-order chi connectivity index (χ1) is 10.6. The molecule has 1 aliphatic rings. The molecule has 114 valence electrons. The lowest BCUT2D eigenvalue weighted by Crippen LogP contribution is -2.46. The number of benzene rings is 2. The monoisotopic (exact) mass is 296 g/mol. The fraction of sp³-hybridized carbons (Fsp3) is 0.316. The van der Waals surface area contributed by atoms with Gasteiger partial charge in [-0.1, -0.05) is 62.4 Å². The Bertz CT molecular complexity index is 681. The van der Waals surface area contributed by atoms with Crippen molar-refractivity contribution in [3.63, 3.8) is 0 Å². The number of anilines is 1. The fourth-order valence-electron chi connectivity index (χ4n) is 3.41. The summed E-state index contributed by atoms with van der Waals surface area (Å²) in [4.78, 5) is 15.0. The number of rotatable bonds is 4. The topological polar surface area (TPSA) is 43.2 Å². The van der Waals surface area contributed by atoms with Crippen LogP contribution < -0.4 is 4.90 Å². The zero-order valence-corrected chi connectivity index (χ0v) is 13.0. The predicted molar refractivity (Wildman–Crippen MR) is 89.1 cm³/mol. The molecule has 0 saturated heterocycles. The molecule has 3 nitrogen and oxygen atoms in total. The minimum Gasteiger partial charge on any atom is -0.444 e. The van der Waals surface area contributed by atoms with E-state index in [0.717, 1.165) is 16.8 Å². The number of hydrogen-bond donors (Lipinski definition) is 0. The van der Waals surface area contributed by atoms with Crippen LogP contribution in [0.15, 0.2) is 54.6 Å². The molecule has 1 amide bonds. The van der Waals surface area contributed by atoms with E-state index in [2.05, 4.69) is 0 Å². The van der Waals surface area contributed by atoms with E-state index in [0.29, 0.717) is 6.54 Å². The van der Waals surface area contributed by atoms with Gasteiger partial charge in [0.1, 0.15) is 5.41 Å². The van der Waals surface area contributed by atoms with Crippen LogP contribution in [-0.4, -0.2) is 17.6 Å². The van der Waals surface area contributed by atoms with Crippen LogP contribution in [0, 0.1) is 5.92 Å². The van der Waals surface area contributed by atoms with Crippen molar-refractivity contribution < 1.29 is 9.90 Å². The van der Waals surface area contributed by atoms with Crippen LogP contribution in [0.5, 0.6) is 0 Å². The van der Waals surface area contributed by atoms with Gasteiger partial charge in [-0.05, 0) is 23.1 Å². The molecule has 0 aromatic heterocycles. The normalized spacial score (nSPS) is 20.5. The van der Waals surface area contributed by atoms with Crippen LogP contribution in [-0.2, 0) is 16.8 Å². The Balaban J connectivity index is 2.08. The van der Waals surface area contributed by atoms with Crippen molar-refractivity contribution in [3.05, 3.63) is 65.7 Å². The average molecular weight is 296 g/mol. The highest BCUT2D eigenvalue weighted by atomic mass is 16.3. The molecule has 0 aliphatic carbocycles. The second-order valence-corrected chi connectivity index (χ2v) is 6.20. The molecule has 3 heteroatoms. The van der Waals surface area contributed by atoms with Gasteiger partial charge >= 0.3 is 0 Å². The molecule has 0 radical (unpaired) electrons. The summed E-state index contributed by atoms with van der Waals surface area (Å²) in [5, 5.41) is 8.06. The molecule has 1 aliphatic heterocycles. The number of amides is 1. The van der Waals surface area contributed by atoms with Crippen molar-refractivity contribution in [1.29, 1.82) is 0 Å². The summed E-state index contributed by atoms with van der Waals surface area (Å²) in [7, 11) is 0. The third-order valence-corrected chi connectivity index (χ3v) is 4.75. The maximum Gasteiger partial charge on any atom is 0.246 e. The molecule has 22 heavy (non-hydrogen) atoms. The van der Waals surface area contributed by atoms with Crippen LogP contribution >= 0.6 is 0 Å². The standard InChI is InChI=1S/C19H21NO2/c1-14(2)19(13-21)16-10-6-7-11-17(16)20(18(19)22)12-15-8-4-3-5-9-15/h3-11,14,21H,12-13H2,1-2H3/p+1/t19-/m1/s1. The van der Waals surface area contributed by atoms with Crippen LogP contribution in [0.2, 0.25) is 0 Å². The molecule has 2 aromatic rings. The van der Waals surface area contributed by atoms with Gasteiger partial charge in [-0.2, -0.15) is 0 Å². The van der Waals surface area contributed by atoms with E-state index >= 15 is 0 Å². The second-order valence-electron chi connectivity index (χ2n) is 6.20. The Hall–Kier alpha value is -2.13. The lowest BCUT2D eigenvalue weighted by Gasteiger charge is -2.28. The number of nitrogens with zero attached hydrogens (tertiary/aromatic N) is 1. The molecule has 0 saturated carbocycles. The van der Waals surface area contributed by atoms with E-state index in [4.69, 9.17) is 5.11 Å². The molecule has 0 spiro atoms. The third kappa shape index (κ3) is 2.04. The van der Waals surface area contributed by atoms with Crippen molar-refractivity contribution in [2.45, 2.75) is 25.8 Å². The Morgan fingerprint density at radius 1 is 1.05 bits per heavy atom. The lowest BCUT2D eigenvalue weighted by molar-refractivity contribution is -0.126. The Morgan fingerprint density at radius 3 is 2.32 bits per heavy atom. The van der Waals surface area contributed by atoms with Crippen LogP contribution in [0.1, 0.15) is 25.0 Å². The zero-order valence-electron chi connectivity index (χ0n) is 13.0. The van der Waals surface area contributed by atoms with Crippen molar-refractivity contribution in [1.82, 2.24) is 0 Å². The average Bonchev–Trinajstić information content (AvgIpc) is 2.78. The van der Waals surface area contributed by atoms with Crippen molar-refractivity contribution in [2.24, 2.45) is 5.92 Å². The van der Waals surface area contributed by atoms with Gasteiger partial charge in [0.05, 0.1) is 6.54 Å². The summed E-state index contributed by atoms with van der Waals surface area (Å²) >= 11 is 0. The maximum atomic E-state index is 13.2. The minimum absolute atomic E-state index is 0.0579. The van der Waals surface area contributed by atoms with Gasteiger partial charge in [0.25, 0.3) is 0 Å². The molecule has 2 N–H and O–H groups in total. The smallest absolute Gasteiger partial charge is 0.246 e. The molecule has 2 aromatic carbocycles. The van der Waals surface area contributed by atoms with Crippen molar-refractivity contribution >= 4 is 11.6 Å². The number of para-hydroxylation sites is 1. The van der Waals surface area contributed by atoms with Crippen molar-refractivity contribution in [2.75, 3.05) is 11.5 Å². The fourth-order valence-corrected chi connectivity index (χ4v) is 3.41. The quantitative estimate of drug-likeness (QED) is 0.800. The summed E-state index contributed by atoms with van der Waals surface area (Å²) in [6, 6.07) is 17.9. The molecule has 1 atom stereocenters. The summed E-state index contributed by atoms with van der Waals surface area (Å²) in [5.74, 6) is 0.155. The van der Waals surface area contributed by atoms with E-state index in [1.54, 1.807) is 0 Å². The van der Waals surface area contributed by atoms with E-state index < -0.39 is 5.41 Å². The van der Waals surface area contributed by atoms with Crippen LogP contribution in [0.3, 0.4) is 0 Å². The van der Waals surface area contributed by atoms with Crippen LogP contribution in [0.4, 0.5) is 5.69 Å². The highest BCUT2D eigenvalue weighted by Gasteiger charge is 2.54. The Morgan fingerprint density at radius 2 is 1.68 bits per heavy atom. The summed E-state index contributed by atoms with van der Waals surface area (Å²) in [6.45, 7) is 4.72. The molecular weight excluding hydrogens is 274 g/mol. The van der Waals surface area contributed by atoms with Gasteiger partial charge < -0.3 is 10.0 Å². The van der Waals surface area contributed by atoms with E-state index in [9.17, 15) is 4.79 Å². The molecule has 0 fully saturated rings. The number of fused-ring (bicyclic) bond motifs is 1. The maximum absolute atomic E-state index is 13.2. The Labute approximate surface area is 131 Å².